The van der Waals surface area contributed by atoms with Gasteiger partial charge in [-0.05, 0) is 99.2 Å². The Labute approximate surface area is 316 Å². The van der Waals surface area contributed by atoms with Gasteiger partial charge in [-0.25, -0.2) is 13.8 Å². The molecule has 3 heterocycles. The first-order valence-electron chi connectivity index (χ1n) is 19.0. The van der Waals surface area contributed by atoms with Crippen molar-refractivity contribution in [2.75, 3.05) is 60.6 Å². The average molecular weight is 744 g/mol. The van der Waals surface area contributed by atoms with E-state index < -0.39 is 11.6 Å². The van der Waals surface area contributed by atoms with Gasteiger partial charge in [0.25, 0.3) is 0 Å². The van der Waals surface area contributed by atoms with E-state index in [2.05, 4.69) is 56.1 Å². The number of ether oxygens (including phenoxy) is 2. The van der Waals surface area contributed by atoms with E-state index in [1.165, 1.54) is 18.5 Å². The van der Waals surface area contributed by atoms with Gasteiger partial charge in [-0.3, -0.25) is 19.4 Å². The Morgan fingerprint density at radius 1 is 0.889 bits per heavy atom. The molecule has 1 saturated heterocycles. The molecule has 11 nitrogen and oxygen atoms in total. The third-order valence-corrected chi connectivity index (χ3v) is 10.5. The summed E-state index contributed by atoms with van der Waals surface area (Å²) in [4.78, 5) is 28.2. The number of carbonyl (C=O) groups is 1. The summed E-state index contributed by atoms with van der Waals surface area (Å²) in [6.07, 6.45) is 8.42. The predicted molar refractivity (Wildman–Crippen MR) is 206 cm³/mol. The van der Waals surface area contributed by atoms with E-state index in [1.807, 2.05) is 31.2 Å². The van der Waals surface area contributed by atoms with E-state index in [1.54, 1.807) is 22.2 Å². The van der Waals surface area contributed by atoms with Gasteiger partial charge in [-0.15, -0.1) is 0 Å². The van der Waals surface area contributed by atoms with Crippen LogP contribution in [0.1, 0.15) is 46.0 Å². The molecule has 54 heavy (non-hydrogen) atoms. The number of aromatic nitrogens is 3. The van der Waals surface area contributed by atoms with Gasteiger partial charge in [0, 0.05) is 61.8 Å². The van der Waals surface area contributed by atoms with Crippen LogP contribution in [0.25, 0.3) is 0 Å². The summed E-state index contributed by atoms with van der Waals surface area (Å²) in [7, 11) is 0. The molecule has 1 aromatic heterocycles. The Morgan fingerprint density at radius 3 is 2.19 bits per heavy atom. The first-order valence-corrected chi connectivity index (χ1v) is 19.0. The molecule has 1 N–H and O–H groups in total. The number of rotatable bonds is 18. The van der Waals surface area contributed by atoms with E-state index in [-0.39, 0.29) is 42.1 Å². The number of benzene rings is 3. The molecule has 0 spiro atoms. The minimum Gasteiger partial charge on any atom is -0.493 e. The monoisotopic (exact) mass is 743 g/mol. The van der Waals surface area contributed by atoms with Gasteiger partial charge in [-0.2, -0.15) is 5.10 Å². The zero-order valence-electron chi connectivity index (χ0n) is 31.1. The lowest BCUT2D eigenvalue weighted by Gasteiger charge is -2.37. The lowest BCUT2D eigenvalue weighted by Crippen LogP contribution is -2.46. The third kappa shape index (κ3) is 10.3. The quantitative estimate of drug-likeness (QED) is 0.121. The number of amides is 1. The van der Waals surface area contributed by atoms with E-state index in [9.17, 15) is 18.7 Å². The summed E-state index contributed by atoms with van der Waals surface area (Å²) >= 11 is 0. The van der Waals surface area contributed by atoms with Crippen molar-refractivity contribution >= 4 is 29.3 Å². The topological polar surface area (TPSA) is 109 Å². The standard InChI is InChI=1S/C41H51F2N7O4/c1-3-32(30(2)51)6-7-33-24-44-29-50(41(33)52)37-11-9-35(10-12-37)47-19-21-48(22-20-47)36-13-15-38(16-14-36)53-25-31(5-4-18-49-28-45-27-46-49)26-54-40-17-8-34(42)23-39(40)43/h8-17,23,27-33,51H,3-7,18-22,24-26H2,1-2H3/t30-,31+,32+,33?/m0/s1. The summed E-state index contributed by atoms with van der Waals surface area (Å²) in [5.74, 6) is -0.572. The summed E-state index contributed by atoms with van der Waals surface area (Å²) in [5, 5.41) is 14.2. The Kier molecular flexibility index (Phi) is 13.5. The van der Waals surface area contributed by atoms with Gasteiger partial charge in [0.1, 0.15) is 24.2 Å². The summed E-state index contributed by atoms with van der Waals surface area (Å²) in [6.45, 7) is 9.12. The van der Waals surface area contributed by atoms with Crippen LogP contribution in [0.15, 0.2) is 84.4 Å². The maximum Gasteiger partial charge on any atom is 0.237 e. The Balaban J connectivity index is 0.973. The van der Waals surface area contributed by atoms with E-state index in [0.29, 0.717) is 19.7 Å². The summed E-state index contributed by atoms with van der Waals surface area (Å²) in [5.41, 5.74) is 3.05. The van der Waals surface area contributed by atoms with Crippen LogP contribution in [-0.4, -0.2) is 84.2 Å². The van der Waals surface area contributed by atoms with E-state index >= 15 is 0 Å². The van der Waals surface area contributed by atoms with Crippen LogP contribution in [0.4, 0.5) is 25.8 Å². The molecule has 288 valence electrons. The third-order valence-electron chi connectivity index (χ3n) is 10.5. The Hall–Kier alpha value is -5.04. The number of nitrogens with zero attached hydrogens (tertiary/aromatic N) is 7. The molecule has 1 amide bonds. The number of anilines is 3. The lowest BCUT2D eigenvalue weighted by molar-refractivity contribution is -0.121. The molecular weight excluding hydrogens is 692 g/mol. The number of hydrogen-bond acceptors (Lipinski definition) is 9. The van der Waals surface area contributed by atoms with Crippen molar-refractivity contribution in [2.24, 2.45) is 22.7 Å². The van der Waals surface area contributed by atoms with Gasteiger partial charge in [-0.1, -0.05) is 13.3 Å². The highest BCUT2D eigenvalue weighted by Crippen LogP contribution is 2.28. The molecule has 1 unspecified atom stereocenters. The molecular formula is C41H51F2N7O4. The first kappa shape index (κ1) is 38.7. The summed E-state index contributed by atoms with van der Waals surface area (Å²) < 4.78 is 41.3. The fourth-order valence-corrected chi connectivity index (χ4v) is 7.12. The van der Waals surface area contributed by atoms with Crippen LogP contribution in [-0.2, 0) is 11.3 Å². The van der Waals surface area contributed by atoms with Crippen molar-refractivity contribution in [3.63, 3.8) is 0 Å². The highest BCUT2D eigenvalue weighted by atomic mass is 19.1. The van der Waals surface area contributed by atoms with Gasteiger partial charge >= 0.3 is 0 Å². The van der Waals surface area contributed by atoms with Crippen molar-refractivity contribution in [3.8, 4) is 11.5 Å². The minimum atomic E-state index is -0.729. The zero-order valence-corrected chi connectivity index (χ0v) is 31.1. The van der Waals surface area contributed by atoms with Crippen molar-refractivity contribution in [1.82, 2.24) is 14.8 Å². The van der Waals surface area contributed by atoms with E-state index in [0.717, 1.165) is 87.2 Å². The fraction of sp³-hybridized carbons (Fsp3) is 0.463. The van der Waals surface area contributed by atoms with Crippen LogP contribution in [0.2, 0.25) is 0 Å². The van der Waals surface area contributed by atoms with Crippen LogP contribution < -0.4 is 24.2 Å². The van der Waals surface area contributed by atoms with Crippen LogP contribution >= 0.6 is 0 Å². The van der Waals surface area contributed by atoms with E-state index in [4.69, 9.17) is 9.47 Å². The van der Waals surface area contributed by atoms with Gasteiger partial charge < -0.3 is 24.4 Å². The fourth-order valence-electron chi connectivity index (χ4n) is 7.12. The predicted octanol–water partition coefficient (Wildman–Crippen LogP) is 6.62. The number of aliphatic hydroxyl groups excluding tert-OH is 1. The molecule has 3 aromatic carbocycles. The number of aliphatic imine (C=N–C) groups is 1. The smallest absolute Gasteiger partial charge is 0.237 e. The first-order chi connectivity index (χ1) is 26.3. The van der Waals surface area contributed by atoms with Gasteiger partial charge in [0.05, 0.1) is 38.1 Å². The van der Waals surface area contributed by atoms with Crippen molar-refractivity contribution in [3.05, 3.63) is 91.0 Å². The number of aliphatic hydroxyl groups is 1. The Morgan fingerprint density at radius 2 is 1.56 bits per heavy atom. The molecule has 1 fully saturated rings. The highest BCUT2D eigenvalue weighted by molar-refractivity contribution is 6.10. The highest BCUT2D eigenvalue weighted by Gasteiger charge is 2.29. The summed E-state index contributed by atoms with van der Waals surface area (Å²) in [6, 6.07) is 19.5. The molecule has 0 saturated carbocycles. The zero-order chi connectivity index (χ0) is 37.9. The van der Waals surface area contributed by atoms with Crippen molar-refractivity contribution in [2.45, 2.75) is 58.6 Å². The number of carbonyl (C=O) groups excluding carboxylic acids is 1. The molecule has 0 bridgehead atoms. The second kappa shape index (κ2) is 18.8. The number of halogens is 2. The van der Waals surface area contributed by atoms with Gasteiger partial charge in [0.15, 0.2) is 11.6 Å². The SMILES string of the molecule is CC[C@H](CCC1CN=CN(c2ccc(N3CCN(c4ccc(OC[C@@H](CCCn5cncn5)COc5ccc(F)cc5F)cc4)CC3)cc2)C1=O)[C@H](C)O. The normalized spacial score (nSPS) is 17.8. The maximum absolute atomic E-state index is 14.2. The van der Waals surface area contributed by atoms with Crippen LogP contribution in [0, 0.1) is 29.4 Å². The molecule has 2 aliphatic rings. The molecule has 4 aromatic rings. The second-order valence-electron chi connectivity index (χ2n) is 14.2. The molecule has 0 radical (unpaired) electrons. The molecule has 0 aliphatic carbocycles. The minimum absolute atomic E-state index is 0.0164. The molecule has 4 atom stereocenters. The maximum atomic E-state index is 14.2. The van der Waals surface area contributed by atoms with Crippen LogP contribution in [0.3, 0.4) is 0 Å². The molecule has 13 heteroatoms. The number of hydrogen-bond donors (Lipinski definition) is 1. The second-order valence-corrected chi connectivity index (χ2v) is 14.2. The Bertz CT molecular complexity index is 1780. The lowest BCUT2D eigenvalue weighted by atomic mass is 9.89. The van der Waals surface area contributed by atoms with Gasteiger partial charge in [0.2, 0.25) is 5.91 Å². The van der Waals surface area contributed by atoms with Crippen molar-refractivity contribution in [1.29, 1.82) is 0 Å². The number of aryl methyl sites for hydroxylation is 1. The van der Waals surface area contributed by atoms with Crippen molar-refractivity contribution < 1.29 is 28.2 Å². The van der Waals surface area contributed by atoms with Crippen LogP contribution in [0.5, 0.6) is 11.5 Å². The molecule has 6 rings (SSSR count). The largest absolute Gasteiger partial charge is 0.493 e. The number of piperazine rings is 1. The molecule has 2 aliphatic heterocycles. The average Bonchev–Trinajstić information content (AvgIpc) is 3.71.